The van der Waals surface area contributed by atoms with Crippen LogP contribution in [0.25, 0.3) is 0 Å². The number of hydrogen-bond acceptors (Lipinski definition) is 8. The predicted molar refractivity (Wildman–Crippen MR) is 133 cm³/mol. The molecule has 8 heteroatoms. The van der Waals surface area contributed by atoms with Gasteiger partial charge in [-0.25, -0.2) is 0 Å². The first-order chi connectivity index (χ1) is 11.7. The third-order valence-electron chi connectivity index (χ3n) is 3.07. The third kappa shape index (κ3) is 6.57. The first-order valence-electron chi connectivity index (χ1n) is 8.01. The van der Waals surface area contributed by atoms with Gasteiger partial charge >= 0.3 is 0 Å². The molecule has 0 amide bonds. The molecule has 0 radical (unpaired) electrons. The SMILES string of the molecule is CCCCSC1=C(SCCCC)SC(=C2SC(SC)=C(SC)S2)S1. The molecule has 0 aliphatic carbocycles. The lowest BCUT2D eigenvalue weighted by atomic mass is 10.4. The van der Waals surface area contributed by atoms with Crippen LogP contribution in [0.3, 0.4) is 0 Å². The monoisotopic (exact) mass is 472 g/mol. The van der Waals surface area contributed by atoms with Gasteiger partial charge in [-0.2, -0.15) is 0 Å². The van der Waals surface area contributed by atoms with E-state index in [1.54, 1.807) is 8.47 Å². The zero-order chi connectivity index (χ0) is 17.4. The molecule has 0 fully saturated rings. The highest BCUT2D eigenvalue weighted by molar-refractivity contribution is 8.45. The van der Waals surface area contributed by atoms with Crippen molar-refractivity contribution in [3.05, 3.63) is 25.4 Å². The molecule has 0 nitrogen and oxygen atoms in total. The van der Waals surface area contributed by atoms with Crippen LogP contribution in [0.5, 0.6) is 0 Å². The lowest BCUT2D eigenvalue weighted by Crippen LogP contribution is -1.80. The first-order valence-corrected chi connectivity index (χ1v) is 15.7. The maximum Gasteiger partial charge on any atom is 0.0717 e. The highest BCUT2D eigenvalue weighted by Crippen LogP contribution is 2.65. The molecule has 0 aromatic rings. The minimum atomic E-state index is 1.25. The van der Waals surface area contributed by atoms with Gasteiger partial charge in [0.1, 0.15) is 0 Å². The van der Waals surface area contributed by atoms with E-state index in [4.69, 9.17) is 0 Å². The molecule has 0 atom stereocenters. The fraction of sp³-hybridized carbons (Fsp3) is 0.625. The molecule has 0 unspecified atom stereocenters. The van der Waals surface area contributed by atoms with Crippen LogP contribution in [-0.4, -0.2) is 24.0 Å². The molecule has 0 saturated carbocycles. The van der Waals surface area contributed by atoms with E-state index in [0.29, 0.717) is 0 Å². The van der Waals surface area contributed by atoms with Gasteiger partial charge in [-0.3, -0.25) is 0 Å². The van der Waals surface area contributed by atoms with Crippen molar-refractivity contribution in [2.24, 2.45) is 0 Å². The van der Waals surface area contributed by atoms with E-state index in [9.17, 15) is 0 Å². The highest BCUT2D eigenvalue weighted by atomic mass is 32.3. The second-order valence-electron chi connectivity index (χ2n) is 4.95. The van der Waals surface area contributed by atoms with Gasteiger partial charge in [-0.1, -0.05) is 73.7 Å². The Labute approximate surface area is 181 Å². The molecule has 0 aromatic carbocycles. The van der Waals surface area contributed by atoms with E-state index in [1.807, 2.05) is 70.6 Å². The smallest absolute Gasteiger partial charge is 0.0717 e. The molecule has 0 saturated heterocycles. The largest absolute Gasteiger partial charge is 0.121 e. The van der Waals surface area contributed by atoms with E-state index >= 15 is 0 Å². The average molecular weight is 473 g/mol. The van der Waals surface area contributed by atoms with Crippen LogP contribution in [0.1, 0.15) is 39.5 Å². The van der Waals surface area contributed by atoms with Gasteiger partial charge in [-0.15, -0.1) is 47.0 Å². The van der Waals surface area contributed by atoms with E-state index < -0.39 is 0 Å². The number of rotatable bonds is 10. The topological polar surface area (TPSA) is 0 Å². The quantitative estimate of drug-likeness (QED) is 0.285. The Morgan fingerprint density at radius 2 is 1.00 bits per heavy atom. The predicted octanol–water partition coefficient (Wildman–Crippen LogP) is 9.12. The van der Waals surface area contributed by atoms with E-state index in [0.717, 1.165) is 0 Å². The Morgan fingerprint density at radius 3 is 1.33 bits per heavy atom. The molecular weight excluding hydrogens is 449 g/mol. The summed E-state index contributed by atoms with van der Waals surface area (Å²) in [6.07, 6.45) is 9.59. The van der Waals surface area contributed by atoms with Gasteiger partial charge in [-0.05, 0) is 36.9 Å². The summed E-state index contributed by atoms with van der Waals surface area (Å²) in [5, 5.41) is 0. The van der Waals surface area contributed by atoms with Gasteiger partial charge in [0.15, 0.2) is 0 Å². The lowest BCUT2D eigenvalue weighted by Gasteiger charge is -2.03. The number of hydrogen-bond donors (Lipinski definition) is 0. The van der Waals surface area contributed by atoms with Crippen molar-refractivity contribution in [3.63, 3.8) is 0 Å². The van der Waals surface area contributed by atoms with Crippen LogP contribution < -0.4 is 0 Å². The molecule has 0 N–H and O–H groups in total. The molecule has 2 rings (SSSR count). The Morgan fingerprint density at radius 1 is 0.625 bits per heavy atom. The van der Waals surface area contributed by atoms with Crippen molar-refractivity contribution in [1.29, 1.82) is 0 Å². The molecule has 0 aromatic heterocycles. The summed E-state index contributed by atoms with van der Waals surface area (Å²) in [7, 11) is 0. The van der Waals surface area contributed by atoms with Crippen molar-refractivity contribution in [2.75, 3.05) is 24.0 Å². The molecule has 2 aliphatic rings. The van der Waals surface area contributed by atoms with Crippen molar-refractivity contribution in [2.45, 2.75) is 39.5 Å². The van der Waals surface area contributed by atoms with Crippen molar-refractivity contribution in [3.8, 4) is 0 Å². The fourth-order valence-corrected chi connectivity index (χ4v) is 13.2. The normalized spacial score (nSPS) is 18.5. The van der Waals surface area contributed by atoms with Crippen LogP contribution in [0, 0.1) is 0 Å². The second-order valence-corrected chi connectivity index (χ2v) is 14.4. The lowest BCUT2D eigenvalue weighted by molar-refractivity contribution is 0.897. The Kier molecular flexibility index (Phi) is 11.6. The molecule has 2 heterocycles. The van der Waals surface area contributed by atoms with Crippen LogP contribution in [0.4, 0.5) is 0 Å². The summed E-state index contributed by atoms with van der Waals surface area (Å²) < 4.78 is 9.08. The van der Waals surface area contributed by atoms with Gasteiger partial charge in [0.05, 0.1) is 25.4 Å². The zero-order valence-electron chi connectivity index (χ0n) is 14.5. The van der Waals surface area contributed by atoms with E-state index in [-0.39, 0.29) is 0 Å². The van der Waals surface area contributed by atoms with Crippen LogP contribution in [0.15, 0.2) is 25.4 Å². The standard InChI is InChI=1S/C16H24S8/c1-5-7-9-19-13-14(20-10-8-6-2)24-16(23-13)15-21-11(17-3)12(18-4)22-15/h5-10H2,1-4H3. The minimum absolute atomic E-state index is 1.25. The molecule has 24 heavy (non-hydrogen) atoms. The molecule has 136 valence electrons. The fourth-order valence-electron chi connectivity index (χ4n) is 1.76. The summed E-state index contributed by atoms with van der Waals surface area (Å²) in [5.41, 5.74) is 0. The van der Waals surface area contributed by atoms with Crippen molar-refractivity contribution < 1.29 is 0 Å². The summed E-state index contributed by atoms with van der Waals surface area (Å²) in [6, 6.07) is 0. The highest BCUT2D eigenvalue weighted by Gasteiger charge is 2.29. The van der Waals surface area contributed by atoms with E-state index in [2.05, 4.69) is 49.9 Å². The second kappa shape index (κ2) is 12.5. The van der Waals surface area contributed by atoms with Gasteiger partial charge in [0.25, 0.3) is 0 Å². The molecule has 0 spiro atoms. The minimum Gasteiger partial charge on any atom is -0.121 e. The zero-order valence-corrected chi connectivity index (χ0v) is 21.0. The Hall–Kier alpha value is 2.02. The molecular formula is C16H24S8. The summed E-state index contributed by atoms with van der Waals surface area (Å²) in [5.74, 6) is 2.51. The van der Waals surface area contributed by atoms with Crippen LogP contribution in [-0.2, 0) is 0 Å². The number of thioether (sulfide) groups is 8. The van der Waals surface area contributed by atoms with Crippen molar-refractivity contribution in [1.82, 2.24) is 0 Å². The summed E-state index contributed by atoms with van der Waals surface area (Å²) >= 11 is 15.9. The van der Waals surface area contributed by atoms with Crippen LogP contribution in [0.2, 0.25) is 0 Å². The third-order valence-corrected chi connectivity index (χ3v) is 14.5. The van der Waals surface area contributed by atoms with E-state index in [1.165, 1.54) is 54.1 Å². The summed E-state index contributed by atoms with van der Waals surface area (Å²) in [4.78, 5) is 0. The van der Waals surface area contributed by atoms with Gasteiger partial charge < -0.3 is 0 Å². The Balaban J connectivity index is 2.04. The molecule has 0 bridgehead atoms. The maximum atomic E-state index is 2.28. The maximum absolute atomic E-state index is 2.28. The van der Waals surface area contributed by atoms with Crippen LogP contribution >= 0.6 is 94.1 Å². The van der Waals surface area contributed by atoms with Crippen molar-refractivity contribution >= 4 is 94.1 Å². The summed E-state index contributed by atoms with van der Waals surface area (Å²) in [6.45, 7) is 4.56. The Bertz CT molecular complexity index is 478. The number of unbranched alkanes of at least 4 members (excludes halogenated alkanes) is 2. The average Bonchev–Trinajstić information content (AvgIpc) is 3.19. The first kappa shape index (κ1) is 22.3. The molecule has 2 aliphatic heterocycles. The van der Waals surface area contributed by atoms with Gasteiger partial charge in [0, 0.05) is 0 Å². The van der Waals surface area contributed by atoms with Gasteiger partial charge in [0.2, 0.25) is 0 Å².